The van der Waals surface area contributed by atoms with Gasteiger partial charge < -0.3 is 68.9 Å². The molecule has 14 heteroatoms. The molecule has 15 N–H and O–H groups in total. The lowest BCUT2D eigenvalue weighted by atomic mass is 10.0. The maximum atomic E-state index is 11.4. The topological polar surface area (TPSA) is 242 Å². The van der Waals surface area contributed by atoms with Gasteiger partial charge in [-0.3, -0.25) is 4.79 Å². The van der Waals surface area contributed by atoms with Gasteiger partial charge in [0, 0.05) is 88.5 Å². The highest BCUT2D eigenvalue weighted by Crippen LogP contribution is 2.16. The standard InChI is InChI=1S/C51H70N8O6/c1-35(29-56-44(27-39-8-18-49(63)19-9-39)33-58-42(31-54-23-22-51(53)65)25-37-4-14-47(61)15-5-37)55-32-43(26-38-6-16-48(62)17-7-38)59-34-45(28-40-10-20-50(64)21-11-40)57-30-41(52)24-36-2-12-46(60)13-3-36/h2-21,35,41-45,54-64H,22-34,52H2,1H3,(H2,53,65)/t35-,41-,42-,43-,44-,45-/m0/s1. The second-order valence-corrected chi connectivity index (χ2v) is 17.3. The second kappa shape index (κ2) is 26.9. The lowest BCUT2D eigenvalue weighted by molar-refractivity contribution is -0.117. The summed E-state index contributed by atoms with van der Waals surface area (Å²) in [7, 11) is 0. The van der Waals surface area contributed by atoms with Gasteiger partial charge in [-0.2, -0.15) is 0 Å². The van der Waals surface area contributed by atoms with E-state index >= 15 is 0 Å². The van der Waals surface area contributed by atoms with Gasteiger partial charge in [-0.25, -0.2) is 0 Å². The van der Waals surface area contributed by atoms with E-state index in [-0.39, 0.29) is 77.3 Å². The molecule has 350 valence electrons. The van der Waals surface area contributed by atoms with E-state index in [1.807, 2.05) is 60.7 Å². The smallest absolute Gasteiger partial charge is 0.218 e. The zero-order valence-corrected chi connectivity index (χ0v) is 37.5. The highest BCUT2D eigenvalue weighted by molar-refractivity contribution is 5.73. The van der Waals surface area contributed by atoms with E-state index in [1.165, 1.54) is 0 Å². The number of hydrogen-bond acceptors (Lipinski definition) is 13. The van der Waals surface area contributed by atoms with Crippen LogP contribution in [-0.2, 0) is 36.9 Å². The summed E-state index contributed by atoms with van der Waals surface area (Å²) in [5, 5.41) is 71.7. The van der Waals surface area contributed by atoms with Crippen molar-refractivity contribution in [1.82, 2.24) is 31.9 Å². The molecule has 5 aromatic carbocycles. The maximum absolute atomic E-state index is 11.4. The Hall–Kier alpha value is -5.71. The molecule has 5 rings (SSSR count). The minimum absolute atomic E-state index is 0.0243. The van der Waals surface area contributed by atoms with Crippen molar-refractivity contribution in [2.24, 2.45) is 11.5 Å². The third kappa shape index (κ3) is 19.9. The molecule has 14 nitrogen and oxygen atoms in total. The Morgan fingerprint density at radius 2 is 0.723 bits per heavy atom. The number of rotatable bonds is 30. The van der Waals surface area contributed by atoms with E-state index in [4.69, 9.17) is 11.5 Å². The van der Waals surface area contributed by atoms with Crippen LogP contribution >= 0.6 is 0 Å². The molecular weight excluding hydrogens is 821 g/mol. The highest BCUT2D eigenvalue weighted by Gasteiger charge is 2.19. The second-order valence-electron chi connectivity index (χ2n) is 17.3. The number of carbonyl (C=O) groups excluding carboxylic acids is 1. The minimum Gasteiger partial charge on any atom is -0.508 e. The van der Waals surface area contributed by atoms with Gasteiger partial charge in [0.05, 0.1) is 0 Å². The highest BCUT2D eigenvalue weighted by atomic mass is 16.3. The monoisotopic (exact) mass is 891 g/mol. The van der Waals surface area contributed by atoms with Crippen molar-refractivity contribution in [3.05, 3.63) is 149 Å². The maximum Gasteiger partial charge on any atom is 0.218 e. The Labute approximate surface area is 383 Å². The molecule has 0 spiro atoms. The van der Waals surface area contributed by atoms with Gasteiger partial charge in [-0.05, 0) is 128 Å². The number of benzene rings is 5. The van der Waals surface area contributed by atoms with Crippen LogP contribution in [0, 0.1) is 0 Å². The summed E-state index contributed by atoms with van der Waals surface area (Å²) in [4.78, 5) is 11.4. The van der Waals surface area contributed by atoms with Crippen molar-refractivity contribution in [3.63, 3.8) is 0 Å². The number of amides is 1. The average Bonchev–Trinajstić information content (AvgIpc) is 3.29. The Morgan fingerprint density at radius 3 is 1.08 bits per heavy atom. The molecule has 5 aromatic rings. The van der Waals surface area contributed by atoms with E-state index in [2.05, 4.69) is 38.8 Å². The van der Waals surface area contributed by atoms with Crippen LogP contribution < -0.4 is 43.4 Å². The Balaban J connectivity index is 1.22. The third-order valence-corrected chi connectivity index (χ3v) is 11.4. The van der Waals surface area contributed by atoms with Gasteiger partial charge in [0.15, 0.2) is 0 Å². The van der Waals surface area contributed by atoms with Crippen molar-refractivity contribution in [2.75, 3.05) is 45.8 Å². The van der Waals surface area contributed by atoms with Crippen molar-refractivity contribution in [1.29, 1.82) is 0 Å². The Bertz CT molecular complexity index is 2090. The molecule has 0 fully saturated rings. The van der Waals surface area contributed by atoms with Gasteiger partial charge >= 0.3 is 0 Å². The predicted molar refractivity (Wildman–Crippen MR) is 258 cm³/mol. The van der Waals surface area contributed by atoms with Gasteiger partial charge in [0.2, 0.25) is 5.91 Å². The fraction of sp³-hybridized carbons (Fsp3) is 0.392. The summed E-state index contributed by atoms with van der Waals surface area (Å²) in [6.07, 6.45) is 3.79. The summed E-state index contributed by atoms with van der Waals surface area (Å²) in [5.74, 6) is 0.752. The number of aromatic hydroxyl groups is 5. The van der Waals surface area contributed by atoms with Crippen LogP contribution in [0.4, 0.5) is 0 Å². The molecule has 0 saturated heterocycles. The fourth-order valence-electron chi connectivity index (χ4n) is 7.72. The number of primary amides is 1. The first-order valence-electron chi connectivity index (χ1n) is 22.7. The molecule has 0 radical (unpaired) electrons. The number of carbonyl (C=O) groups is 1. The Morgan fingerprint density at radius 1 is 0.431 bits per heavy atom. The number of phenolic OH excluding ortho intramolecular Hbond substituents is 5. The van der Waals surface area contributed by atoms with Crippen LogP contribution in [0.1, 0.15) is 41.2 Å². The number of phenols is 5. The van der Waals surface area contributed by atoms with E-state index in [9.17, 15) is 30.3 Å². The van der Waals surface area contributed by atoms with Gasteiger partial charge in [0.25, 0.3) is 0 Å². The molecule has 0 saturated carbocycles. The Kier molecular flexibility index (Phi) is 20.8. The van der Waals surface area contributed by atoms with Crippen LogP contribution in [0.5, 0.6) is 28.7 Å². The van der Waals surface area contributed by atoms with Crippen LogP contribution in [0.3, 0.4) is 0 Å². The molecule has 0 aliphatic heterocycles. The van der Waals surface area contributed by atoms with Crippen LogP contribution in [0.15, 0.2) is 121 Å². The van der Waals surface area contributed by atoms with Crippen LogP contribution in [0.25, 0.3) is 0 Å². The quantitative estimate of drug-likeness (QED) is 0.0297. The van der Waals surface area contributed by atoms with Crippen molar-refractivity contribution in [2.45, 2.75) is 81.7 Å². The summed E-state index contributed by atoms with van der Waals surface area (Å²) >= 11 is 0. The molecule has 0 aliphatic rings. The number of nitrogens with two attached hydrogens (primary N) is 2. The van der Waals surface area contributed by atoms with E-state index < -0.39 is 0 Å². The molecule has 0 aliphatic carbocycles. The van der Waals surface area contributed by atoms with E-state index in [1.54, 1.807) is 60.7 Å². The zero-order chi connectivity index (χ0) is 46.4. The number of hydrogen-bond donors (Lipinski definition) is 13. The molecular formula is C51H70N8O6. The van der Waals surface area contributed by atoms with Crippen LogP contribution in [-0.4, -0.2) is 114 Å². The first-order valence-corrected chi connectivity index (χ1v) is 22.7. The molecule has 0 heterocycles. The number of nitrogens with one attached hydrogen (secondary N) is 6. The minimum atomic E-state index is -0.352. The van der Waals surface area contributed by atoms with Gasteiger partial charge in [0.1, 0.15) is 28.7 Å². The molecule has 6 atom stereocenters. The summed E-state index contributed by atoms with van der Waals surface area (Å²) in [6.45, 7) is 6.48. The van der Waals surface area contributed by atoms with Crippen molar-refractivity contribution < 1.29 is 30.3 Å². The molecule has 1 amide bonds. The molecule has 0 unspecified atom stereocenters. The third-order valence-electron chi connectivity index (χ3n) is 11.4. The van der Waals surface area contributed by atoms with Crippen molar-refractivity contribution >= 4 is 5.91 Å². The SMILES string of the molecule is C[C@@H](CN[C@H](CN[C@H](CNCCC(N)=O)Cc1ccc(O)cc1)Cc1ccc(O)cc1)NC[C@H](Cc1ccc(O)cc1)NC[C@H](Cc1ccc(O)cc1)NC[C@@H](N)Cc1ccc(O)cc1. The average molecular weight is 891 g/mol. The normalized spacial score (nSPS) is 14.3. The van der Waals surface area contributed by atoms with Crippen molar-refractivity contribution in [3.8, 4) is 28.7 Å². The van der Waals surface area contributed by atoms with Crippen LogP contribution in [0.2, 0.25) is 0 Å². The molecule has 65 heavy (non-hydrogen) atoms. The molecule has 0 aromatic heterocycles. The first-order chi connectivity index (χ1) is 31.3. The first kappa shape index (κ1) is 50.3. The largest absolute Gasteiger partial charge is 0.508 e. The van der Waals surface area contributed by atoms with Gasteiger partial charge in [-0.1, -0.05) is 60.7 Å². The fourth-order valence-corrected chi connectivity index (χ4v) is 7.72. The lowest BCUT2D eigenvalue weighted by Gasteiger charge is -2.28. The zero-order valence-electron chi connectivity index (χ0n) is 37.5. The molecule has 0 bridgehead atoms. The lowest BCUT2D eigenvalue weighted by Crippen LogP contribution is -2.52. The van der Waals surface area contributed by atoms with Gasteiger partial charge in [-0.15, -0.1) is 0 Å². The summed E-state index contributed by atoms with van der Waals surface area (Å²) < 4.78 is 0. The van der Waals surface area contributed by atoms with E-state index in [0.717, 1.165) is 40.7 Å². The summed E-state index contributed by atoms with van der Waals surface area (Å²) in [6, 6.07) is 36.3. The predicted octanol–water partition coefficient (Wildman–Crippen LogP) is 3.33. The summed E-state index contributed by atoms with van der Waals surface area (Å²) in [5.41, 5.74) is 17.4. The van der Waals surface area contributed by atoms with E-state index in [0.29, 0.717) is 65.1 Å².